The van der Waals surface area contributed by atoms with Crippen molar-refractivity contribution in [1.29, 1.82) is 0 Å². The van der Waals surface area contributed by atoms with Gasteiger partial charge >= 0.3 is 5.97 Å². The molecule has 0 aromatic heterocycles. The molecule has 0 aliphatic carbocycles. The number of rotatable bonds is 5. The molecule has 2 nitrogen and oxygen atoms in total. The summed E-state index contributed by atoms with van der Waals surface area (Å²) in [5.41, 5.74) is 0. The summed E-state index contributed by atoms with van der Waals surface area (Å²) in [5, 5.41) is 0. The van der Waals surface area contributed by atoms with Crippen LogP contribution in [0.1, 0.15) is 33.1 Å². The van der Waals surface area contributed by atoms with Gasteiger partial charge < -0.3 is 4.74 Å². The molecule has 0 radical (unpaired) electrons. The molecule has 0 unspecified atom stereocenters. The first-order chi connectivity index (χ1) is 6.72. The van der Waals surface area contributed by atoms with E-state index < -0.39 is 0 Å². The zero-order chi connectivity index (χ0) is 10.4. The molecule has 0 aromatic rings. The Bertz CT molecular complexity index is 189. The van der Waals surface area contributed by atoms with E-state index in [2.05, 4.69) is 6.92 Å². The zero-order valence-corrected chi connectivity index (χ0v) is 10.5. The largest absolute Gasteiger partial charge is 0.466 e. The monoisotopic (exact) mass is 234 g/mol. The topological polar surface area (TPSA) is 26.3 Å². The Morgan fingerprint density at radius 1 is 1.36 bits per heavy atom. The van der Waals surface area contributed by atoms with Crippen LogP contribution < -0.4 is 0 Å². The van der Waals surface area contributed by atoms with Crippen molar-refractivity contribution in [3.05, 3.63) is 0 Å². The van der Waals surface area contributed by atoms with E-state index in [-0.39, 0.29) is 10.0 Å². The maximum absolute atomic E-state index is 11.4. The average Bonchev–Trinajstić information content (AvgIpc) is 2.54. The van der Waals surface area contributed by atoms with Crippen LogP contribution in [-0.4, -0.2) is 28.2 Å². The van der Waals surface area contributed by atoms with Gasteiger partial charge in [-0.3, -0.25) is 4.79 Å². The van der Waals surface area contributed by atoms with Gasteiger partial charge in [-0.2, -0.15) is 0 Å². The Hall–Kier alpha value is 0.170. The summed E-state index contributed by atoms with van der Waals surface area (Å²) in [4.78, 5) is 11.4. The third-order valence-corrected chi connectivity index (χ3v) is 5.69. The minimum Gasteiger partial charge on any atom is -0.466 e. The van der Waals surface area contributed by atoms with E-state index in [1.54, 1.807) is 0 Å². The van der Waals surface area contributed by atoms with E-state index >= 15 is 0 Å². The highest BCUT2D eigenvalue weighted by Gasteiger charge is 2.37. The van der Waals surface area contributed by atoms with Gasteiger partial charge in [0, 0.05) is 11.5 Å². The molecule has 4 heteroatoms. The molecule has 0 aromatic carbocycles. The van der Waals surface area contributed by atoms with Crippen LogP contribution in [0, 0.1) is 0 Å². The molecule has 14 heavy (non-hydrogen) atoms. The Kier molecular flexibility index (Phi) is 5.17. The molecule has 0 bridgehead atoms. The van der Waals surface area contributed by atoms with Crippen molar-refractivity contribution in [1.82, 2.24) is 0 Å². The number of hydrogen-bond donors (Lipinski definition) is 0. The first kappa shape index (κ1) is 12.2. The summed E-state index contributed by atoms with van der Waals surface area (Å²) in [5.74, 6) is 2.30. The highest BCUT2D eigenvalue weighted by atomic mass is 32.2. The lowest BCUT2D eigenvalue weighted by Crippen LogP contribution is -2.23. The Morgan fingerprint density at radius 2 is 2.00 bits per heavy atom. The van der Waals surface area contributed by atoms with E-state index in [1.165, 1.54) is 11.5 Å². The summed E-state index contributed by atoms with van der Waals surface area (Å²) in [7, 11) is 0. The second kappa shape index (κ2) is 5.91. The van der Waals surface area contributed by atoms with E-state index in [0.717, 1.165) is 12.8 Å². The molecule has 0 N–H and O–H groups in total. The zero-order valence-electron chi connectivity index (χ0n) is 8.88. The highest BCUT2D eigenvalue weighted by molar-refractivity contribution is 8.21. The lowest BCUT2D eigenvalue weighted by atomic mass is 10.2. The standard InChI is InChI=1S/C10H18O2S2/c1-3-5-10(13-6-7-14-10)8-9(11)12-4-2/h3-8H2,1-2H3. The third-order valence-electron chi connectivity index (χ3n) is 2.16. The van der Waals surface area contributed by atoms with Crippen LogP contribution in [0.4, 0.5) is 0 Å². The number of ether oxygens (including phenoxy) is 1. The van der Waals surface area contributed by atoms with Gasteiger partial charge in [-0.15, -0.1) is 23.5 Å². The lowest BCUT2D eigenvalue weighted by Gasteiger charge is -2.25. The molecule has 82 valence electrons. The van der Waals surface area contributed by atoms with Crippen LogP contribution in [0.3, 0.4) is 0 Å². The molecule has 0 spiro atoms. The first-order valence-electron chi connectivity index (χ1n) is 5.16. The summed E-state index contributed by atoms with van der Waals surface area (Å²) in [6.45, 7) is 4.53. The van der Waals surface area contributed by atoms with Gasteiger partial charge in [0.25, 0.3) is 0 Å². The number of carbonyl (C=O) groups is 1. The van der Waals surface area contributed by atoms with Gasteiger partial charge in [0.1, 0.15) is 0 Å². The predicted octanol–water partition coefficient (Wildman–Crippen LogP) is 2.92. The maximum Gasteiger partial charge on any atom is 0.308 e. The van der Waals surface area contributed by atoms with Crippen molar-refractivity contribution in [2.75, 3.05) is 18.1 Å². The molecular formula is C10H18O2S2. The fraction of sp³-hybridized carbons (Fsp3) is 0.900. The van der Waals surface area contributed by atoms with Gasteiger partial charge in [0.2, 0.25) is 0 Å². The summed E-state index contributed by atoms with van der Waals surface area (Å²) < 4.78 is 5.14. The molecule has 0 saturated carbocycles. The summed E-state index contributed by atoms with van der Waals surface area (Å²) in [6.07, 6.45) is 2.82. The van der Waals surface area contributed by atoms with Crippen LogP contribution in [0.15, 0.2) is 0 Å². The Morgan fingerprint density at radius 3 is 2.50 bits per heavy atom. The SMILES string of the molecule is CCCC1(CC(=O)OCC)SCCS1. The molecule has 1 heterocycles. The number of esters is 1. The van der Waals surface area contributed by atoms with Crippen molar-refractivity contribution < 1.29 is 9.53 Å². The van der Waals surface area contributed by atoms with Crippen molar-refractivity contribution in [3.8, 4) is 0 Å². The fourth-order valence-corrected chi connectivity index (χ4v) is 5.03. The minimum atomic E-state index is -0.0390. The molecule has 1 saturated heterocycles. The van der Waals surface area contributed by atoms with Crippen molar-refractivity contribution >= 4 is 29.5 Å². The smallest absolute Gasteiger partial charge is 0.308 e. The van der Waals surface area contributed by atoms with Gasteiger partial charge in [-0.25, -0.2) is 0 Å². The summed E-state index contributed by atoms with van der Waals surface area (Å²) >= 11 is 3.86. The van der Waals surface area contributed by atoms with Crippen molar-refractivity contribution in [2.24, 2.45) is 0 Å². The van der Waals surface area contributed by atoms with Crippen LogP contribution in [0.2, 0.25) is 0 Å². The second-order valence-corrected chi connectivity index (χ2v) is 6.55. The van der Waals surface area contributed by atoms with Crippen LogP contribution in [0.5, 0.6) is 0 Å². The lowest BCUT2D eigenvalue weighted by molar-refractivity contribution is -0.143. The van der Waals surface area contributed by atoms with Crippen LogP contribution >= 0.6 is 23.5 Å². The van der Waals surface area contributed by atoms with E-state index in [9.17, 15) is 4.79 Å². The molecule has 1 aliphatic heterocycles. The average molecular weight is 234 g/mol. The highest BCUT2D eigenvalue weighted by Crippen LogP contribution is 2.49. The Labute approximate surface area is 94.5 Å². The molecular weight excluding hydrogens is 216 g/mol. The van der Waals surface area contributed by atoms with Gasteiger partial charge in [0.05, 0.1) is 17.1 Å². The first-order valence-corrected chi connectivity index (χ1v) is 7.13. The van der Waals surface area contributed by atoms with Crippen molar-refractivity contribution in [3.63, 3.8) is 0 Å². The van der Waals surface area contributed by atoms with E-state index in [0.29, 0.717) is 13.0 Å². The Balaban J connectivity index is 2.46. The van der Waals surface area contributed by atoms with Gasteiger partial charge in [-0.1, -0.05) is 13.3 Å². The molecule has 1 fully saturated rings. The third kappa shape index (κ3) is 3.39. The van der Waals surface area contributed by atoms with Crippen molar-refractivity contribution in [2.45, 2.75) is 37.2 Å². The number of thioether (sulfide) groups is 2. The second-order valence-electron chi connectivity index (χ2n) is 3.34. The van der Waals surface area contributed by atoms with Gasteiger partial charge in [-0.05, 0) is 13.3 Å². The van der Waals surface area contributed by atoms with E-state index in [4.69, 9.17) is 4.74 Å². The van der Waals surface area contributed by atoms with Crippen LogP contribution in [-0.2, 0) is 9.53 Å². The normalized spacial score (nSPS) is 19.6. The molecule has 1 aliphatic rings. The molecule has 0 atom stereocenters. The molecule has 1 rings (SSSR count). The number of hydrogen-bond acceptors (Lipinski definition) is 4. The molecule has 0 amide bonds. The quantitative estimate of drug-likeness (QED) is 0.683. The maximum atomic E-state index is 11.4. The minimum absolute atomic E-state index is 0.0390. The fourth-order valence-electron chi connectivity index (χ4n) is 1.64. The van der Waals surface area contributed by atoms with Gasteiger partial charge in [0.15, 0.2) is 0 Å². The summed E-state index contributed by atoms with van der Waals surface area (Å²) in [6, 6.07) is 0. The van der Waals surface area contributed by atoms with E-state index in [1.807, 2.05) is 30.4 Å². The number of carbonyl (C=O) groups excluding carboxylic acids is 1. The predicted molar refractivity (Wildman–Crippen MR) is 63.8 cm³/mol. The van der Waals surface area contributed by atoms with Crippen LogP contribution in [0.25, 0.3) is 0 Å².